The van der Waals surface area contributed by atoms with E-state index in [1.165, 1.54) is 12.1 Å². The molecule has 8 heteroatoms. The molecule has 1 N–H and O–H groups in total. The first-order valence-electron chi connectivity index (χ1n) is 7.03. The Morgan fingerprint density at radius 1 is 1.27 bits per heavy atom. The van der Waals surface area contributed by atoms with Crippen molar-refractivity contribution in [3.63, 3.8) is 0 Å². The van der Waals surface area contributed by atoms with Gasteiger partial charge in [-0.15, -0.1) is 17.5 Å². The first-order valence-corrected chi connectivity index (χ1v) is 7.03. The number of aromatic nitrogens is 3. The molecule has 0 aliphatic carbocycles. The predicted octanol–water partition coefficient (Wildman–Crippen LogP) is 1.57. The summed E-state index contributed by atoms with van der Waals surface area (Å²) >= 11 is 0. The maximum Gasteiger partial charge on any atom is 0.169 e. The predicted molar refractivity (Wildman–Crippen MR) is 84.3 cm³/mol. The van der Waals surface area contributed by atoms with Gasteiger partial charge in [0, 0.05) is 26.2 Å². The van der Waals surface area contributed by atoms with Crippen LogP contribution in [0.1, 0.15) is 0 Å². The highest BCUT2D eigenvalue weighted by molar-refractivity contribution is 5.85. The van der Waals surface area contributed by atoms with Crippen molar-refractivity contribution >= 4 is 18.2 Å². The van der Waals surface area contributed by atoms with Crippen LogP contribution in [0.4, 0.5) is 10.2 Å². The summed E-state index contributed by atoms with van der Waals surface area (Å²) in [7, 11) is 0. The number of morpholine rings is 1. The molecule has 22 heavy (non-hydrogen) atoms. The third-order valence-corrected chi connectivity index (χ3v) is 3.40. The van der Waals surface area contributed by atoms with Crippen molar-refractivity contribution in [2.45, 2.75) is 0 Å². The molecule has 3 rings (SSSR count). The zero-order valence-electron chi connectivity index (χ0n) is 12.1. The van der Waals surface area contributed by atoms with Gasteiger partial charge in [-0.05, 0) is 18.2 Å². The lowest BCUT2D eigenvalue weighted by atomic mass is 10.3. The van der Waals surface area contributed by atoms with Crippen molar-refractivity contribution in [2.24, 2.45) is 0 Å². The minimum atomic E-state index is -0.287. The lowest BCUT2D eigenvalue weighted by molar-refractivity contribution is 0.0398. The second kappa shape index (κ2) is 8.07. The van der Waals surface area contributed by atoms with Crippen LogP contribution in [0.25, 0.3) is 5.69 Å². The van der Waals surface area contributed by atoms with Gasteiger partial charge in [0.1, 0.15) is 5.82 Å². The summed E-state index contributed by atoms with van der Waals surface area (Å²) in [6.45, 7) is 5.28. The van der Waals surface area contributed by atoms with Crippen LogP contribution in [0.3, 0.4) is 0 Å². The molecule has 0 unspecified atom stereocenters. The average Bonchev–Trinajstić information content (AvgIpc) is 2.97. The summed E-state index contributed by atoms with van der Waals surface area (Å²) in [5.74, 6) is 0.400. The van der Waals surface area contributed by atoms with Crippen LogP contribution in [-0.4, -0.2) is 59.3 Å². The molecule has 120 valence electrons. The fraction of sp³-hybridized carbons (Fsp3) is 0.429. The second-order valence-corrected chi connectivity index (χ2v) is 4.91. The van der Waals surface area contributed by atoms with Gasteiger partial charge in [-0.25, -0.2) is 9.07 Å². The van der Waals surface area contributed by atoms with Gasteiger partial charge in [0.05, 0.1) is 25.1 Å². The Labute approximate surface area is 134 Å². The topological polar surface area (TPSA) is 55.2 Å². The fourth-order valence-corrected chi connectivity index (χ4v) is 2.26. The lowest BCUT2D eigenvalue weighted by Gasteiger charge is -2.26. The van der Waals surface area contributed by atoms with E-state index < -0.39 is 0 Å². The van der Waals surface area contributed by atoms with Crippen LogP contribution >= 0.6 is 12.4 Å². The third-order valence-electron chi connectivity index (χ3n) is 3.40. The molecule has 1 aliphatic heterocycles. The molecule has 0 spiro atoms. The van der Waals surface area contributed by atoms with Crippen molar-refractivity contribution in [2.75, 3.05) is 44.7 Å². The Hall–Kier alpha value is -1.70. The van der Waals surface area contributed by atoms with Gasteiger partial charge in [0.15, 0.2) is 5.82 Å². The molecule has 6 nitrogen and oxygen atoms in total. The van der Waals surface area contributed by atoms with Crippen LogP contribution in [0.5, 0.6) is 0 Å². The normalized spacial score (nSPS) is 15.3. The number of benzene rings is 1. The van der Waals surface area contributed by atoms with Crippen LogP contribution in [0.2, 0.25) is 0 Å². The van der Waals surface area contributed by atoms with Gasteiger partial charge >= 0.3 is 0 Å². The number of hydrogen-bond donors (Lipinski definition) is 1. The first-order chi connectivity index (χ1) is 10.3. The lowest BCUT2D eigenvalue weighted by Crippen LogP contribution is -2.39. The zero-order chi connectivity index (χ0) is 14.5. The Morgan fingerprint density at radius 2 is 2.09 bits per heavy atom. The molecule has 2 heterocycles. The van der Waals surface area contributed by atoms with E-state index in [1.54, 1.807) is 23.0 Å². The summed E-state index contributed by atoms with van der Waals surface area (Å²) in [6.07, 6.45) is 1.76. The Bertz CT molecular complexity index is 588. The van der Waals surface area contributed by atoms with Crippen LogP contribution in [0, 0.1) is 5.82 Å². The van der Waals surface area contributed by atoms with Gasteiger partial charge in [-0.2, -0.15) is 0 Å². The number of hydrogen-bond acceptors (Lipinski definition) is 5. The molecular weight excluding hydrogens is 309 g/mol. The highest BCUT2D eigenvalue weighted by Crippen LogP contribution is 2.10. The van der Waals surface area contributed by atoms with Crippen LogP contribution < -0.4 is 5.32 Å². The Balaban J connectivity index is 0.00000176. The monoisotopic (exact) mass is 327 g/mol. The number of halogens is 2. The van der Waals surface area contributed by atoms with Gasteiger partial charge in [-0.1, -0.05) is 11.3 Å². The van der Waals surface area contributed by atoms with Gasteiger partial charge in [0.25, 0.3) is 0 Å². The van der Waals surface area contributed by atoms with Crippen molar-refractivity contribution in [3.05, 3.63) is 36.3 Å². The van der Waals surface area contributed by atoms with Gasteiger partial charge in [0.2, 0.25) is 0 Å². The van der Waals surface area contributed by atoms with E-state index in [4.69, 9.17) is 4.74 Å². The summed E-state index contributed by atoms with van der Waals surface area (Å²) in [6, 6.07) is 6.27. The van der Waals surface area contributed by atoms with E-state index in [1.807, 2.05) is 0 Å². The van der Waals surface area contributed by atoms with E-state index in [-0.39, 0.29) is 18.2 Å². The summed E-state index contributed by atoms with van der Waals surface area (Å²) in [5, 5.41) is 11.3. The SMILES string of the molecule is Cl.Fc1cccc(-n2cc(NCCN3CCOCC3)nn2)c1. The maximum absolute atomic E-state index is 13.2. The molecule has 0 atom stereocenters. The van der Waals surface area contributed by atoms with Crippen molar-refractivity contribution < 1.29 is 9.13 Å². The largest absolute Gasteiger partial charge is 0.379 e. The number of ether oxygens (including phenoxy) is 1. The number of nitrogens with one attached hydrogen (secondary N) is 1. The maximum atomic E-state index is 13.2. The molecule has 0 radical (unpaired) electrons. The van der Waals surface area contributed by atoms with E-state index in [2.05, 4.69) is 20.5 Å². The molecule has 1 aromatic carbocycles. The quantitative estimate of drug-likeness (QED) is 0.903. The van der Waals surface area contributed by atoms with Gasteiger partial charge in [-0.3, -0.25) is 4.90 Å². The summed E-state index contributed by atoms with van der Waals surface area (Å²) in [5.41, 5.74) is 0.656. The molecule has 1 fully saturated rings. The standard InChI is InChI=1S/C14H18FN5O.ClH/c15-12-2-1-3-13(10-12)20-11-14(17-18-20)16-4-5-19-6-8-21-9-7-19;/h1-3,10-11,16H,4-9H2;1H. The minimum Gasteiger partial charge on any atom is -0.379 e. The summed E-state index contributed by atoms with van der Waals surface area (Å²) in [4.78, 5) is 2.34. The van der Waals surface area contributed by atoms with Crippen LogP contribution in [-0.2, 0) is 4.74 Å². The van der Waals surface area contributed by atoms with Crippen molar-refractivity contribution in [3.8, 4) is 5.69 Å². The number of anilines is 1. The second-order valence-electron chi connectivity index (χ2n) is 4.91. The Morgan fingerprint density at radius 3 is 2.86 bits per heavy atom. The van der Waals surface area contributed by atoms with Crippen LogP contribution in [0.15, 0.2) is 30.5 Å². The van der Waals surface area contributed by atoms with Gasteiger partial charge < -0.3 is 10.1 Å². The average molecular weight is 328 g/mol. The molecule has 0 bridgehead atoms. The molecular formula is C14H19ClFN5O. The highest BCUT2D eigenvalue weighted by Gasteiger charge is 2.09. The molecule has 0 amide bonds. The van der Waals surface area contributed by atoms with E-state index in [9.17, 15) is 4.39 Å². The number of nitrogens with zero attached hydrogens (tertiary/aromatic N) is 4. The molecule has 2 aromatic rings. The van der Waals surface area contributed by atoms with E-state index in [0.29, 0.717) is 11.5 Å². The van der Waals surface area contributed by atoms with Crippen molar-refractivity contribution in [1.82, 2.24) is 19.9 Å². The smallest absolute Gasteiger partial charge is 0.169 e. The number of rotatable bonds is 5. The van der Waals surface area contributed by atoms with E-state index in [0.717, 1.165) is 39.4 Å². The molecule has 1 saturated heterocycles. The molecule has 1 aliphatic rings. The Kier molecular flexibility index (Phi) is 6.11. The highest BCUT2D eigenvalue weighted by atomic mass is 35.5. The minimum absolute atomic E-state index is 0. The van der Waals surface area contributed by atoms with E-state index >= 15 is 0 Å². The fourth-order valence-electron chi connectivity index (χ4n) is 2.26. The summed E-state index contributed by atoms with van der Waals surface area (Å²) < 4.78 is 20.0. The first kappa shape index (κ1) is 16.7. The van der Waals surface area contributed by atoms with Crippen molar-refractivity contribution in [1.29, 1.82) is 0 Å². The molecule has 0 saturated carbocycles. The third kappa shape index (κ3) is 4.40. The molecule has 1 aromatic heterocycles. The zero-order valence-corrected chi connectivity index (χ0v) is 12.9.